The number of ether oxygens (including phenoxy) is 2. The minimum absolute atomic E-state index is 0.0759. The third-order valence-corrected chi connectivity index (χ3v) is 5.20. The van der Waals surface area contributed by atoms with Crippen LogP contribution < -0.4 is 5.32 Å². The van der Waals surface area contributed by atoms with E-state index < -0.39 is 6.23 Å². The van der Waals surface area contributed by atoms with E-state index in [2.05, 4.69) is 24.4 Å². The third kappa shape index (κ3) is 10.3. The van der Waals surface area contributed by atoms with Crippen molar-refractivity contribution in [2.24, 2.45) is 0 Å². The van der Waals surface area contributed by atoms with Gasteiger partial charge in [-0.15, -0.1) is 0 Å². The first-order valence-electron chi connectivity index (χ1n) is 11.2. The van der Waals surface area contributed by atoms with Crippen LogP contribution in [0.1, 0.15) is 55.4 Å². The summed E-state index contributed by atoms with van der Waals surface area (Å²) in [6, 6.07) is 15.2. The van der Waals surface area contributed by atoms with Gasteiger partial charge in [0.05, 0.1) is 25.9 Å². The van der Waals surface area contributed by atoms with Crippen LogP contribution in [0.15, 0.2) is 48.5 Å². The van der Waals surface area contributed by atoms with Crippen molar-refractivity contribution in [3.05, 3.63) is 65.2 Å². The highest BCUT2D eigenvalue weighted by Gasteiger charge is 2.07. The van der Waals surface area contributed by atoms with E-state index in [9.17, 15) is 15.3 Å². The topological polar surface area (TPSA) is 91.2 Å². The van der Waals surface area contributed by atoms with Crippen LogP contribution in [0.25, 0.3) is 0 Å². The number of nitrogens with one attached hydrogen (secondary N) is 1. The second-order valence-corrected chi connectivity index (χ2v) is 7.75. The van der Waals surface area contributed by atoms with E-state index in [0.29, 0.717) is 25.2 Å². The van der Waals surface area contributed by atoms with Gasteiger partial charge in [0.1, 0.15) is 12.0 Å². The highest BCUT2D eigenvalue weighted by atomic mass is 16.5. The summed E-state index contributed by atoms with van der Waals surface area (Å²) in [5.74, 6) is 0.0759. The largest absolute Gasteiger partial charge is 0.508 e. The van der Waals surface area contributed by atoms with Crippen LogP contribution in [-0.4, -0.2) is 47.9 Å². The molecule has 2 rings (SSSR count). The quantitative estimate of drug-likeness (QED) is 0.239. The predicted octanol–water partition coefficient (Wildman–Crippen LogP) is 3.69. The minimum atomic E-state index is -0.641. The van der Waals surface area contributed by atoms with Crippen LogP contribution in [0.3, 0.4) is 0 Å². The summed E-state index contributed by atoms with van der Waals surface area (Å²) in [4.78, 5) is 0. The SMILES string of the molecule is C[C@@H](OCCOCCCCCCNC(O)Cc1ccc(O)c(CO)c1)c1ccccc1. The summed E-state index contributed by atoms with van der Waals surface area (Å²) in [7, 11) is 0. The summed E-state index contributed by atoms with van der Waals surface area (Å²) in [6.45, 7) is 4.54. The van der Waals surface area contributed by atoms with Crippen LogP contribution in [0.4, 0.5) is 0 Å². The molecule has 6 heteroatoms. The highest BCUT2D eigenvalue weighted by molar-refractivity contribution is 5.35. The zero-order valence-corrected chi connectivity index (χ0v) is 18.5. The molecule has 0 heterocycles. The van der Waals surface area contributed by atoms with E-state index in [1.54, 1.807) is 18.2 Å². The molecule has 31 heavy (non-hydrogen) atoms. The Morgan fingerprint density at radius 3 is 2.48 bits per heavy atom. The molecule has 0 bridgehead atoms. The Morgan fingerprint density at radius 1 is 0.935 bits per heavy atom. The molecule has 172 valence electrons. The Kier molecular flexibility index (Phi) is 12.2. The summed E-state index contributed by atoms with van der Waals surface area (Å²) in [5.41, 5.74) is 2.53. The molecule has 6 nitrogen and oxygen atoms in total. The van der Waals surface area contributed by atoms with E-state index >= 15 is 0 Å². The maximum atomic E-state index is 10.1. The first-order chi connectivity index (χ1) is 15.1. The first-order valence-corrected chi connectivity index (χ1v) is 11.2. The molecule has 2 aromatic carbocycles. The number of phenols is 1. The summed E-state index contributed by atoms with van der Waals surface area (Å²) in [5, 5.41) is 32.0. The number of aromatic hydroxyl groups is 1. The number of hydrogen-bond donors (Lipinski definition) is 4. The fraction of sp³-hybridized carbons (Fsp3) is 0.520. The van der Waals surface area contributed by atoms with E-state index in [-0.39, 0.29) is 18.5 Å². The Balaban J connectivity index is 1.41. The van der Waals surface area contributed by atoms with Crippen molar-refractivity contribution in [3.8, 4) is 5.75 Å². The molecule has 0 aliphatic rings. The number of hydrogen-bond acceptors (Lipinski definition) is 6. The molecule has 0 aliphatic heterocycles. The van der Waals surface area contributed by atoms with Crippen molar-refractivity contribution in [2.45, 2.75) is 58.0 Å². The van der Waals surface area contributed by atoms with Crippen LogP contribution >= 0.6 is 0 Å². The molecule has 2 aromatic rings. The molecule has 0 radical (unpaired) electrons. The zero-order chi connectivity index (χ0) is 22.3. The van der Waals surface area contributed by atoms with E-state index in [1.165, 1.54) is 5.56 Å². The van der Waals surface area contributed by atoms with Crippen molar-refractivity contribution < 1.29 is 24.8 Å². The molecule has 1 unspecified atom stereocenters. The molecule has 0 spiro atoms. The standard InChI is InChI=1S/C25H37NO5/c1-20(22-9-5-4-6-10-22)31-16-15-30-14-8-3-2-7-13-26-25(29)18-21-11-12-24(28)23(17-21)19-27/h4-6,9-12,17,20,25-29H,2-3,7-8,13-16,18-19H2,1H3/t20-,25?/m1/s1. The summed E-state index contributed by atoms with van der Waals surface area (Å²) < 4.78 is 11.4. The van der Waals surface area contributed by atoms with Crippen molar-refractivity contribution in [1.82, 2.24) is 5.32 Å². The van der Waals surface area contributed by atoms with Gasteiger partial charge in [0.2, 0.25) is 0 Å². The molecular weight excluding hydrogens is 394 g/mol. The van der Waals surface area contributed by atoms with Crippen LogP contribution in [0.2, 0.25) is 0 Å². The number of aliphatic hydroxyl groups excluding tert-OH is 2. The fourth-order valence-corrected chi connectivity index (χ4v) is 3.35. The van der Waals surface area contributed by atoms with Gasteiger partial charge >= 0.3 is 0 Å². The lowest BCUT2D eigenvalue weighted by Gasteiger charge is -2.14. The number of rotatable bonds is 16. The van der Waals surface area contributed by atoms with Gasteiger partial charge in [0, 0.05) is 18.6 Å². The van der Waals surface area contributed by atoms with E-state index in [4.69, 9.17) is 9.47 Å². The molecule has 2 atom stereocenters. The van der Waals surface area contributed by atoms with Gasteiger partial charge in [0.15, 0.2) is 0 Å². The van der Waals surface area contributed by atoms with E-state index in [0.717, 1.165) is 44.4 Å². The first kappa shape index (κ1) is 25.3. The molecule has 0 saturated carbocycles. The van der Waals surface area contributed by atoms with Gasteiger partial charge in [-0.25, -0.2) is 0 Å². The molecule has 4 N–H and O–H groups in total. The van der Waals surface area contributed by atoms with Crippen molar-refractivity contribution in [3.63, 3.8) is 0 Å². The summed E-state index contributed by atoms with van der Waals surface area (Å²) >= 11 is 0. The molecule has 0 aliphatic carbocycles. The van der Waals surface area contributed by atoms with E-state index in [1.807, 2.05) is 18.2 Å². The van der Waals surface area contributed by atoms with Crippen LogP contribution in [0, 0.1) is 0 Å². The molecule has 0 amide bonds. The maximum Gasteiger partial charge on any atom is 0.121 e. The molecule has 0 aromatic heterocycles. The lowest BCUT2D eigenvalue weighted by molar-refractivity contribution is 0.0107. The van der Waals surface area contributed by atoms with Crippen molar-refractivity contribution in [1.29, 1.82) is 0 Å². The third-order valence-electron chi connectivity index (χ3n) is 5.20. The normalized spacial score (nSPS) is 13.3. The van der Waals surface area contributed by atoms with Gasteiger partial charge in [0.25, 0.3) is 0 Å². The maximum absolute atomic E-state index is 10.1. The minimum Gasteiger partial charge on any atom is -0.508 e. The number of aliphatic hydroxyl groups is 2. The zero-order valence-electron chi connectivity index (χ0n) is 18.5. The summed E-state index contributed by atoms with van der Waals surface area (Å²) in [6.07, 6.45) is 4.07. The fourth-order valence-electron chi connectivity index (χ4n) is 3.35. The predicted molar refractivity (Wildman–Crippen MR) is 122 cm³/mol. The Labute approximate surface area is 185 Å². The smallest absolute Gasteiger partial charge is 0.121 e. The van der Waals surface area contributed by atoms with Gasteiger partial charge in [-0.2, -0.15) is 0 Å². The average Bonchev–Trinajstić information content (AvgIpc) is 2.79. The molecule has 0 fully saturated rings. The molecular formula is C25H37NO5. The van der Waals surface area contributed by atoms with Gasteiger partial charge < -0.3 is 24.8 Å². The Bertz CT molecular complexity index is 725. The highest BCUT2D eigenvalue weighted by Crippen LogP contribution is 2.19. The van der Waals surface area contributed by atoms with Gasteiger partial charge in [-0.3, -0.25) is 5.32 Å². The Hall–Kier alpha value is -1.96. The molecule has 0 saturated heterocycles. The monoisotopic (exact) mass is 431 g/mol. The second kappa shape index (κ2) is 14.9. The van der Waals surface area contributed by atoms with Crippen LogP contribution in [-0.2, 0) is 22.5 Å². The lowest BCUT2D eigenvalue weighted by atomic mass is 10.1. The van der Waals surface area contributed by atoms with Crippen molar-refractivity contribution >= 4 is 0 Å². The van der Waals surface area contributed by atoms with Crippen molar-refractivity contribution in [2.75, 3.05) is 26.4 Å². The van der Waals surface area contributed by atoms with Crippen LogP contribution in [0.5, 0.6) is 5.75 Å². The second-order valence-electron chi connectivity index (χ2n) is 7.75. The number of benzene rings is 2. The average molecular weight is 432 g/mol. The lowest BCUT2D eigenvalue weighted by Crippen LogP contribution is -2.31. The Morgan fingerprint density at radius 2 is 1.71 bits per heavy atom. The van der Waals surface area contributed by atoms with Gasteiger partial charge in [-0.05, 0) is 49.6 Å². The number of unbranched alkanes of at least 4 members (excludes halogenated alkanes) is 3. The van der Waals surface area contributed by atoms with Gasteiger partial charge in [-0.1, -0.05) is 49.2 Å².